The second-order valence-corrected chi connectivity index (χ2v) is 6.00. The van der Waals surface area contributed by atoms with E-state index in [2.05, 4.69) is 6.58 Å². The molecule has 0 unspecified atom stereocenters. The van der Waals surface area contributed by atoms with E-state index in [9.17, 15) is 4.79 Å². The van der Waals surface area contributed by atoms with Crippen molar-refractivity contribution in [1.82, 2.24) is 4.90 Å². The number of rotatable bonds is 3. The second-order valence-electron chi connectivity index (χ2n) is 6.00. The molecule has 0 aromatic heterocycles. The fourth-order valence-corrected chi connectivity index (χ4v) is 1.46. The Morgan fingerprint density at radius 1 is 1.21 bits per heavy atom. The Kier molecular flexibility index (Phi) is 8.76. The molecule has 0 bridgehead atoms. The Morgan fingerprint density at radius 3 is 1.79 bits per heavy atom. The molecule has 4 nitrogen and oxygen atoms in total. The summed E-state index contributed by atoms with van der Waals surface area (Å²) < 4.78 is 10.7. The van der Waals surface area contributed by atoms with Gasteiger partial charge in [-0.25, -0.2) is 4.79 Å². The summed E-state index contributed by atoms with van der Waals surface area (Å²) in [7, 11) is 1.58. The van der Waals surface area contributed by atoms with Gasteiger partial charge in [-0.05, 0) is 55.4 Å². The summed E-state index contributed by atoms with van der Waals surface area (Å²) in [6, 6.07) is 0.0183. The van der Waals surface area contributed by atoms with E-state index in [-0.39, 0.29) is 12.1 Å². The predicted octanol–water partition coefficient (Wildman–Crippen LogP) is 4.21. The normalized spacial score (nSPS) is 11.5. The number of ether oxygens (including phenoxy) is 2. The molecule has 114 valence electrons. The molecule has 19 heavy (non-hydrogen) atoms. The van der Waals surface area contributed by atoms with Crippen molar-refractivity contribution in [2.24, 2.45) is 0 Å². The van der Waals surface area contributed by atoms with Crippen molar-refractivity contribution < 1.29 is 14.3 Å². The maximum atomic E-state index is 12.0. The molecular formula is C15H31NO3. The Labute approximate surface area is 118 Å². The zero-order valence-electron chi connectivity index (χ0n) is 14.0. The van der Waals surface area contributed by atoms with Crippen molar-refractivity contribution >= 4 is 6.09 Å². The minimum Gasteiger partial charge on any atom is -0.444 e. The van der Waals surface area contributed by atoms with Gasteiger partial charge in [0.25, 0.3) is 0 Å². The summed E-state index contributed by atoms with van der Waals surface area (Å²) in [5.74, 6) is 0. The summed E-state index contributed by atoms with van der Waals surface area (Å²) in [6.07, 6.45) is 1.40. The van der Waals surface area contributed by atoms with Gasteiger partial charge in [-0.15, -0.1) is 6.58 Å². The van der Waals surface area contributed by atoms with E-state index in [0.717, 1.165) is 0 Å². The number of hydrogen-bond donors (Lipinski definition) is 0. The van der Waals surface area contributed by atoms with Crippen LogP contribution >= 0.6 is 0 Å². The molecule has 0 aliphatic heterocycles. The van der Waals surface area contributed by atoms with Crippen molar-refractivity contribution in [2.45, 2.75) is 72.8 Å². The molecule has 0 aromatic carbocycles. The molecule has 4 heteroatoms. The smallest absolute Gasteiger partial charge is 0.412 e. The molecule has 0 saturated carbocycles. The molecule has 0 spiro atoms. The van der Waals surface area contributed by atoms with Gasteiger partial charge in [0.15, 0.2) is 0 Å². The van der Waals surface area contributed by atoms with Gasteiger partial charge in [0.2, 0.25) is 0 Å². The third kappa shape index (κ3) is 8.65. The van der Waals surface area contributed by atoms with Crippen molar-refractivity contribution in [3.63, 3.8) is 0 Å². The predicted molar refractivity (Wildman–Crippen MR) is 80.2 cm³/mol. The first-order chi connectivity index (χ1) is 8.42. The standard InChI is InChI=1S/C12H25NO3.C3H6/c1-9(2)13(12(6,7)15-8)10(14)16-11(3,4)5;1-3-2/h9H,1-8H3;3H,1H2,2H3. The summed E-state index contributed by atoms with van der Waals surface area (Å²) in [6.45, 7) is 18.4. The van der Waals surface area contributed by atoms with Crippen LogP contribution in [-0.2, 0) is 9.47 Å². The number of methoxy groups -OCH3 is 1. The topological polar surface area (TPSA) is 38.8 Å². The van der Waals surface area contributed by atoms with Crippen LogP contribution in [-0.4, -0.2) is 35.5 Å². The van der Waals surface area contributed by atoms with Gasteiger partial charge in [0.05, 0.1) is 0 Å². The molecule has 0 aliphatic carbocycles. The van der Waals surface area contributed by atoms with E-state index in [1.54, 1.807) is 18.1 Å². The first kappa shape index (κ1) is 20.3. The number of carbonyl (C=O) groups is 1. The fraction of sp³-hybridized carbons (Fsp3) is 0.800. The lowest BCUT2D eigenvalue weighted by molar-refractivity contribution is -0.118. The van der Waals surface area contributed by atoms with Crippen LogP contribution in [0.1, 0.15) is 55.4 Å². The van der Waals surface area contributed by atoms with E-state index >= 15 is 0 Å². The summed E-state index contributed by atoms with van der Waals surface area (Å²) in [5.41, 5.74) is -1.16. The highest BCUT2D eigenvalue weighted by Gasteiger charge is 2.35. The van der Waals surface area contributed by atoms with Gasteiger partial charge >= 0.3 is 6.09 Å². The van der Waals surface area contributed by atoms with Crippen LogP contribution in [0.4, 0.5) is 4.79 Å². The number of allylic oxidation sites excluding steroid dienone is 1. The molecule has 0 rings (SSSR count). The Morgan fingerprint density at radius 2 is 1.58 bits per heavy atom. The van der Waals surface area contributed by atoms with Crippen LogP contribution in [0.3, 0.4) is 0 Å². The first-order valence-electron chi connectivity index (χ1n) is 6.57. The molecule has 0 radical (unpaired) electrons. The number of hydrogen-bond acceptors (Lipinski definition) is 3. The van der Waals surface area contributed by atoms with Crippen molar-refractivity contribution in [3.8, 4) is 0 Å². The lowest BCUT2D eigenvalue weighted by Gasteiger charge is -2.40. The number of amides is 1. The van der Waals surface area contributed by atoms with Gasteiger partial charge in [-0.2, -0.15) is 0 Å². The zero-order valence-corrected chi connectivity index (χ0v) is 14.0. The molecule has 0 fully saturated rings. The van der Waals surface area contributed by atoms with Crippen LogP contribution in [0, 0.1) is 0 Å². The van der Waals surface area contributed by atoms with Crippen molar-refractivity contribution in [3.05, 3.63) is 12.7 Å². The molecule has 0 aliphatic rings. The first-order valence-corrected chi connectivity index (χ1v) is 6.57. The minimum atomic E-state index is -0.670. The van der Waals surface area contributed by atoms with Crippen LogP contribution in [0.2, 0.25) is 0 Å². The molecule has 1 amide bonds. The molecule has 0 aromatic rings. The maximum Gasteiger partial charge on any atom is 0.412 e. The van der Waals surface area contributed by atoms with Crippen LogP contribution in [0.25, 0.3) is 0 Å². The van der Waals surface area contributed by atoms with E-state index < -0.39 is 11.3 Å². The molecule has 0 N–H and O–H groups in total. The van der Waals surface area contributed by atoms with E-state index in [4.69, 9.17) is 9.47 Å². The number of nitrogens with zero attached hydrogens (tertiary/aromatic N) is 1. The van der Waals surface area contributed by atoms with Crippen LogP contribution < -0.4 is 0 Å². The molecular weight excluding hydrogens is 242 g/mol. The third-order valence-electron chi connectivity index (χ3n) is 2.19. The SMILES string of the molecule is C=CC.COC(C)(C)N(C(=O)OC(C)(C)C)C(C)C. The number of carbonyl (C=O) groups excluding carboxylic acids is 1. The van der Waals surface area contributed by atoms with Gasteiger partial charge in [-0.3, -0.25) is 4.90 Å². The fourth-order valence-electron chi connectivity index (χ4n) is 1.46. The van der Waals surface area contributed by atoms with Gasteiger partial charge in [-0.1, -0.05) is 6.08 Å². The van der Waals surface area contributed by atoms with Crippen molar-refractivity contribution in [2.75, 3.05) is 7.11 Å². The molecule has 0 saturated heterocycles. The van der Waals surface area contributed by atoms with Gasteiger partial charge in [0.1, 0.15) is 11.3 Å². The zero-order chi connectivity index (χ0) is 15.9. The highest BCUT2D eigenvalue weighted by Crippen LogP contribution is 2.22. The van der Waals surface area contributed by atoms with Crippen LogP contribution in [0.5, 0.6) is 0 Å². The largest absolute Gasteiger partial charge is 0.444 e. The highest BCUT2D eigenvalue weighted by molar-refractivity contribution is 5.69. The lowest BCUT2D eigenvalue weighted by atomic mass is 10.2. The monoisotopic (exact) mass is 273 g/mol. The molecule has 0 heterocycles. The highest BCUT2D eigenvalue weighted by atomic mass is 16.6. The Balaban J connectivity index is 0. The summed E-state index contributed by atoms with van der Waals surface area (Å²) in [5, 5.41) is 0. The average molecular weight is 273 g/mol. The Hall–Kier alpha value is -1.03. The lowest BCUT2D eigenvalue weighted by Crippen LogP contribution is -2.53. The third-order valence-corrected chi connectivity index (χ3v) is 2.19. The minimum absolute atomic E-state index is 0.0183. The average Bonchev–Trinajstić information content (AvgIpc) is 2.14. The van der Waals surface area contributed by atoms with Crippen LogP contribution in [0.15, 0.2) is 12.7 Å². The van der Waals surface area contributed by atoms with E-state index in [1.807, 2.05) is 55.4 Å². The van der Waals surface area contributed by atoms with Crippen molar-refractivity contribution in [1.29, 1.82) is 0 Å². The maximum absolute atomic E-state index is 12.0. The Bertz CT molecular complexity index is 278. The molecule has 0 atom stereocenters. The van der Waals surface area contributed by atoms with E-state index in [0.29, 0.717) is 0 Å². The van der Waals surface area contributed by atoms with Gasteiger partial charge in [0, 0.05) is 13.2 Å². The quantitative estimate of drug-likeness (QED) is 0.571. The summed E-state index contributed by atoms with van der Waals surface area (Å²) in [4.78, 5) is 13.6. The van der Waals surface area contributed by atoms with E-state index in [1.165, 1.54) is 0 Å². The van der Waals surface area contributed by atoms with Gasteiger partial charge < -0.3 is 9.47 Å². The summed E-state index contributed by atoms with van der Waals surface area (Å²) >= 11 is 0. The second kappa shape index (κ2) is 8.20.